The van der Waals surface area contributed by atoms with Gasteiger partial charge in [0.25, 0.3) is 0 Å². The van der Waals surface area contributed by atoms with E-state index in [1.165, 1.54) is 5.56 Å². The summed E-state index contributed by atoms with van der Waals surface area (Å²) in [5.74, 6) is 1.07. The Morgan fingerprint density at radius 1 is 1.15 bits per heavy atom. The highest BCUT2D eigenvalue weighted by Crippen LogP contribution is 2.34. The number of nitrogens with two attached hydrogens (primary N) is 1. The van der Waals surface area contributed by atoms with Crippen molar-refractivity contribution < 1.29 is 9.57 Å². The second-order valence-corrected chi connectivity index (χ2v) is 7.09. The third-order valence-corrected chi connectivity index (χ3v) is 5.28. The zero-order chi connectivity index (χ0) is 18.6. The highest BCUT2D eigenvalue weighted by Gasteiger charge is 2.35. The molecule has 6 heteroatoms. The van der Waals surface area contributed by atoms with E-state index < -0.39 is 0 Å². The monoisotopic (exact) mass is 366 g/mol. The summed E-state index contributed by atoms with van der Waals surface area (Å²) in [6.07, 6.45) is 5.89. The highest BCUT2D eigenvalue weighted by atomic mass is 16.7. The van der Waals surface area contributed by atoms with Gasteiger partial charge in [0.05, 0.1) is 13.2 Å². The fourth-order valence-electron chi connectivity index (χ4n) is 3.84. The molecule has 0 aliphatic carbocycles. The molecule has 1 atom stereocenters. The van der Waals surface area contributed by atoms with E-state index in [0.29, 0.717) is 17.8 Å². The van der Waals surface area contributed by atoms with E-state index in [1.54, 1.807) is 7.11 Å². The van der Waals surface area contributed by atoms with E-state index in [0.717, 1.165) is 38.0 Å². The fraction of sp³-hybridized carbons (Fsp3) is 0.381. The van der Waals surface area contributed by atoms with Crippen LogP contribution in [0.1, 0.15) is 30.0 Å². The van der Waals surface area contributed by atoms with Gasteiger partial charge in [0, 0.05) is 44.0 Å². The number of hydrogen-bond donors (Lipinski definition) is 1. The van der Waals surface area contributed by atoms with E-state index in [-0.39, 0.29) is 6.04 Å². The Labute approximate surface area is 160 Å². The van der Waals surface area contributed by atoms with Crippen molar-refractivity contribution in [2.75, 3.05) is 20.2 Å². The average Bonchev–Trinajstić information content (AvgIpc) is 3.11. The van der Waals surface area contributed by atoms with E-state index in [2.05, 4.69) is 40.2 Å². The number of pyridine rings is 1. The first kappa shape index (κ1) is 17.8. The second kappa shape index (κ2) is 7.98. The number of methoxy groups -OCH3 is 1. The summed E-state index contributed by atoms with van der Waals surface area (Å²) in [6.45, 7) is 3.10. The van der Waals surface area contributed by atoms with Crippen molar-refractivity contribution in [3.63, 3.8) is 0 Å². The van der Waals surface area contributed by atoms with Crippen LogP contribution in [0.3, 0.4) is 0 Å². The topological polar surface area (TPSA) is 63.9 Å². The van der Waals surface area contributed by atoms with Gasteiger partial charge in [0.1, 0.15) is 0 Å². The standard InChI is InChI=1S/C21H26N4O2/c1-26-21-8-7-17(14-23-21)19-13-20(22)27-25(19)18-9-11-24(12-10-18)15-16-5-3-2-4-6-16/h2-8,13-14,18-19H,9-12,15,22H2,1H3. The van der Waals surface area contributed by atoms with Crippen LogP contribution >= 0.6 is 0 Å². The number of likely N-dealkylation sites (tertiary alicyclic amines) is 1. The van der Waals surface area contributed by atoms with E-state index in [4.69, 9.17) is 15.3 Å². The van der Waals surface area contributed by atoms with Crippen molar-refractivity contribution in [2.24, 2.45) is 5.73 Å². The van der Waals surface area contributed by atoms with Crippen molar-refractivity contribution in [1.29, 1.82) is 0 Å². The molecule has 1 aromatic heterocycles. The normalized spacial score (nSPS) is 21.7. The Morgan fingerprint density at radius 3 is 2.59 bits per heavy atom. The summed E-state index contributed by atoms with van der Waals surface area (Å²) in [5.41, 5.74) is 8.41. The number of hydrogen-bond acceptors (Lipinski definition) is 6. The average molecular weight is 366 g/mol. The minimum Gasteiger partial charge on any atom is -0.481 e. The van der Waals surface area contributed by atoms with Gasteiger partial charge < -0.3 is 15.3 Å². The molecule has 0 bridgehead atoms. The molecule has 142 valence electrons. The quantitative estimate of drug-likeness (QED) is 0.878. The van der Waals surface area contributed by atoms with Crippen LogP contribution in [0.4, 0.5) is 0 Å². The molecule has 0 saturated carbocycles. The number of benzene rings is 1. The van der Waals surface area contributed by atoms with Gasteiger partial charge in [-0.3, -0.25) is 4.90 Å². The lowest BCUT2D eigenvalue weighted by Crippen LogP contribution is -2.44. The van der Waals surface area contributed by atoms with Crippen molar-refractivity contribution in [1.82, 2.24) is 14.9 Å². The molecule has 2 aromatic rings. The van der Waals surface area contributed by atoms with Crippen molar-refractivity contribution >= 4 is 0 Å². The largest absolute Gasteiger partial charge is 0.481 e. The van der Waals surface area contributed by atoms with Crippen LogP contribution in [0.15, 0.2) is 60.6 Å². The zero-order valence-electron chi connectivity index (χ0n) is 15.6. The van der Waals surface area contributed by atoms with Gasteiger partial charge in [-0.1, -0.05) is 36.4 Å². The molecule has 0 spiro atoms. The van der Waals surface area contributed by atoms with Crippen LogP contribution in [-0.4, -0.2) is 41.2 Å². The molecule has 4 rings (SSSR count). The van der Waals surface area contributed by atoms with E-state index in [9.17, 15) is 0 Å². The molecule has 3 heterocycles. The molecule has 6 nitrogen and oxygen atoms in total. The number of nitrogens with zero attached hydrogens (tertiary/aromatic N) is 3. The summed E-state index contributed by atoms with van der Waals surface area (Å²) in [6, 6.07) is 14.9. The van der Waals surface area contributed by atoms with Gasteiger partial charge in [-0.05, 0) is 24.0 Å². The van der Waals surface area contributed by atoms with Crippen molar-refractivity contribution in [3.05, 3.63) is 71.7 Å². The third-order valence-electron chi connectivity index (χ3n) is 5.28. The lowest BCUT2D eigenvalue weighted by atomic mass is 10.0. The van der Waals surface area contributed by atoms with Gasteiger partial charge in [-0.25, -0.2) is 4.98 Å². The van der Waals surface area contributed by atoms with Crippen molar-refractivity contribution in [3.8, 4) is 5.88 Å². The summed E-state index contributed by atoms with van der Waals surface area (Å²) in [4.78, 5) is 12.7. The zero-order valence-corrected chi connectivity index (χ0v) is 15.6. The lowest BCUT2D eigenvalue weighted by molar-refractivity contribution is -0.162. The predicted octanol–water partition coefficient (Wildman–Crippen LogP) is 2.84. The number of rotatable bonds is 5. The van der Waals surface area contributed by atoms with Crippen molar-refractivity contribution in [2.45, 2.75) is 31.5 Å². The van der Waals surface area contributed by atoms with Gasteiger partial charge >= 0.3 is 0 Å². The maximum atomic E-state index is 5.99. The van der Waals surface area contributed by atoms with Crippen LogP contribution in [0.2, 0.25) is 0 Å². The first-order chi connectivity index (χ1) is 13.2. The molecule has 2 aliphatic heterocycles. The van der Waals surface area contributed by atoms with Crippen LogP contribution in [0.25, 0.3) is 0 Å². The maximum Gasteiger partial charge on any atom is 0.212 e. The minimum absolute atomic E-state index is 0.00548. The lowest BCUT2D eigenvalue weighted by Gasteiger charge is -2.37. The van der Waals surface area contributed by atoms with Crippen LogP contribution in [0.5, 0.6) is 5.88 Å². The summed E-state index contributed by atoms with van der Waals surface area (Å²) < 4.78 is 5.16. The molecule has 1 aromatic carbocycles. The van der Waals surface area contributed by atoms with Gasteiger partial charge in [-0.15, -0.1) is 5.06 Å². The molecule has 2 aliphatic rings. The molecular formula is C21H26N4O2. The number of ether oxygens (including phenoxy) is 1. The summed E-state index contributed by atoms with van der Waals surface area (Å²) in [5, 5.41) is 2.04. The Kier molecular flexibility index (Phi) is 5.27. The molecule has 2 N–H and O–H groups in total. The van der Waals surface area contributed by atoms with Crippen LogP contribution in [0, 0.1) is 0 Å². The summed E-state index contributed by atoms with van der Waals surface area (Å²) >= 11 is 0. The first-order valence-electron chi connectivity index (χ1n) is 9.43. The van der Waals surface area contributed by atoms with Gasteiger partial charge in [0.15, 0.2) is 0 Å². The van der Waals surface area contributed by atoms with E-state index >= 15 is 0 Å². The molecule has 27 heavy (non-hydrogen) atoms. The number of hydroxylamine groups is 2. The molecule has 1 saturated heterocycles. The van der Waals surface area contributed by atoms with Crippen LogP contribution in [-0.2, 0) is 11.4 Å². The molecule has 1 unspecified atom stereocenters. The first-order valence-corrected chi connectivity index (χ1v) is 9.43. The van der Waals surface area contributed by atoms with E-state index in [1.807, 2.05) is 29.5 Å². The second-order valence-electron chi connectivity index (χ2n) is 7.09. The Hall–Kier alpha value is -2.57. The summed E-state index contributed by atoms with van der Waals surface area (Å²) in [7, 11) is 1.62. The minimum atomic E-state index is -0.00548. The molecule has 1 fully saturated rings. The van der Waals surface area contributed by atoms with Gasteiger partial charge in [0.2, 0.25) is 11.8 Å². The maximum absolute atomic E-state index is 5.99. The van der Waals surface area contributed by atoms with Gasteiger partial charge in [-0.2, -0.15) is 0 Å². The smallest absolute Gasteiger partial charge is 0.212 e. The van der Waals surface area contributed by atoms with Crippen LogP contribution < -0.4 is 10.5 Å². The predicted molar refractivity (Wildman–Crippen MR) is 103 cm³/mol. The third kappa shape index (κ3) is 4.07. The molecule has 0 radical (unpaired) electrons. The SMILES string of the molecule is COc1ccc(C2C=C(N)ON2C2CCN(Cc3ccccc3)CC2)cn1. The fourth-order valence-corrected chi connectivity index (χ4v) is 3.84. The Bertz CT molecular complexity index is 771. The number of piperidine rings is 1. The Morgan fingerprint density at radius 2 is 1.93 bits per heavy atom. The number of aromatic nitrogens is 1. The molecular weight excluding hydrogens is 340 g/mol. The highest BCUT2D eigenvalue weighted by molar-refractivity contribution is 5.26. The Balaban J connectivity index is 1.39. The molecule has 0 amide bonds.